The highest BCUT2D eigenvalue weighted by molar-refractivity contribution is 5.65. The predicted octanol–water partition coefficient (Wildman–Crippen LogP) is 5.22. The van der Waals surface area contributed by atoms with Gasteiger partial charge in [0.1, 0.15) is 0 Å². The summed E-state index contributed by atoms with van der Waals surface area (Å²) in [6.07, 6.45) is 2.70. The van der Waals surface area contributed by atoms with Crippen molar-refractivity contribution in [3.8, 4) is 11.3 Å². The van der Waals surface area contributed by atoms with Gasteiger partial charge in [-0.25, -0.2) is 4.52 Å². The van der Waals surface area contributed by atoms with Gasteiger partial charge in [-0.1, -0.05) is 45.0 Å². The van der Waals surface area contributed by atoms with Crippen molar-refractivity contribution >= 4 is 17.3 Å². The van der Waals surface area contributed by atoms with Gasteiger partial charge in [0.15, 0.2) is 5.65 Å². The number of benzene rings is 1. The van der Waals surface area contributed by atoms with Crippen LogP contribution in [-0.4, -0.2) is 19.6 Å². The van der Waals surface area contributed by atoms with E-state index >= 15 is 0 Å². The molecule has 0 radical (unpaired) electrons. The van der Waals surface area contributed by atoms with Gasteiger partial charge >= 0.3 is 0 Å². The number of aromatic nitrogens is 4. The Morgan fingerprint density at radius 1 is 1.04 bits per heavy atom. The Hall–Kier alpha value is -3.21. The van der Waals surface area contributed by atoms with E-state index in [1.165, 1.54) is 5.56 Å². The largest absolute Gasteiger partial charge is 0.323 e. The second-order valence-electron chi connectivity index (χ2n) is 6.91. The lowest BCUT2D eigenvalue weighted by molar-refractivity contribution is 0.866. The van der Waals surface area contributed by atoms with Crippen LogP contribution in [0.15, 0.2) is 60.8 Å². The highest BCUT2D eigenvalue weighted by atomic mass is 15.4. The van der Waals surface area contributed by atoms with Crippen LogP contribution in [0.3, 0.4) is 0 Å². The summed E-state index contributed by atoms with van der Waals surface area (Å²) < 4.78 is 1.89. The Balaban J connectivity index is 1.73. The maximum atomic E-state index is 4.69. The first-order valence-electron chi connectivity index (χ1n) is 9.32. The molecule has 0 unspecified atom stereocenters. The number of rotatable bonds is 5. The lowest BCUT2D eigenvalue weighted by Crippen LogP contribution is -1.97. The van der Waals surface area contributed by atoms with Gasteiger partial charge in [0.05, 0.1) is 5.69 Å². The second-order valence-corrected chi connectivity index (χ2v) is 6.91. The Labute approximate surface area is 159 Å². The van der Waals surface area contributed by atoms with Crippen molar-refractivity contribution in [2.75, 3.05) is 5.32 Å². The zero-order valence-corrected chi connectivity index (χ0v) is 15.8. The van der Waals surface area contributed by atoms with Gasteiger partial charge < -0.3 is 5.32 Å². The molecule has 0 fully saturated rings. The van der Waals surface area contributed by atoms with Gasteiger partial charge in [0, 0.05) is 23.1 Å². The van der Waals surface area contributed by atoms with Crippen LogP contribution in [0.2, 0.25) is 0 Å². The molecule has 0 amide bonds. The summed E-state index contributed by atoms with van der Waals surface area (Å²) in [5.41, 5.74) is 6.28. The molecule has 5 heteroatoms. The van der Waals surface area contributed by atoms with Crippen molar-refractivity contribution in [2.24, 2.45) is 0 Å². The van der Waals surface area contributed by atoms with Crippen molar-refractivity contribution < 1.29 is 0 Å². The van der Waals surface area contributed by atoms with Gasteiger partial charge in [-0.2, -0.15) is 4.98 Å². The van der Waals surface area contributed by atoms with Crippen molar-refractivity contribution in [3.63, 3.8) is 0 Å². The van der Waals surface area contributed by atoms with Gasteiger partial charge in [-0.15, -0.1) is 5.10 Å². The van der Waals surface area contributed by atoms with Gasteiger partial charge in [0.25, 0.3) is 0 Å². The third kappa shape index (κ3) is 3.53. The number of hydrogen-bond donors (Lipinski definition) is 1. The quantitative estimate of drug-likeness (QED) is 0.532. The topological polar surface area (TPSA) is 55.1 Å². The molecule has 136 valence electrons. The number of nitrogens with zero attached hydrogens (tertiary/aromatic N) is 4. The minimum atomic E-state index is 0.483. The lowest BCUT2D eigenvalue weighted by atomic mass is 9.99. The minimum Gasteiger partial charge on any atom is -0.323 e. The van der Waals surface area contributed by atoms with E-state index in [1.807, 2.05) is 28.8 Å². The van der Waals surface area contributed by atoms with Crippen molar-refractivity contribution in [1.29, 1.82) is 0 Å². The van der Waals surface area contributed by atoms with Crippen LogP contribution in [-0.2, 0) is 6.42 Å². The number of aryl methyl sites for hydroxylation is 1. The molecule has 0 atom stereocenters. The average molecular weight is 357 g/mol. The fourth-order valence-corrected chi connectivity index (χ4v) is 3.11. The SMILES string of the molecule is CCc1cc(Nc2nc3cccc(-c4cccc(C(C)C)c4)n3n2)ccn1. The summed E-state index contributed by atoms with van der Waals surface area (Å²) in [5, 5.41) is 7.98. The normalized spacial score (nSPS) is 11.3. The van der Waals surface area contributed by atoms with E-state index in [0.717, 1.165) is 34.7 Å². The molecule has 0 bridgehead atoms. The van der Waals surface area contributed by atoms with Crippen LogP contribution in [0.1, 0.15) is 37.9 Å². The van der Waals surface area contributed by atoms with Crippen molar-refractivity contribution in [3.05, 3.63) is 72.1 Å². The molecular weight excluding hydrogens is 334 g/mol. The number of hydrogen-bond acceptors (Lipinski definition) is 4. The molecule has 4 aromatic rings. The molecule has 0 aliphatic heterocycles. The standard InChI is InChI=1S/C22H23N5/c1-4-18-14-19(11-12-23-18)24-22-25-21-10-6-9-20(27(21)26-22)17-8-5-7-16(13-17)15(2)3/h5-15H,4H2,1-3H3,(H,23,24,26). The number of nitrogens with one attached hydrogen (secondary N) is 1. The Bertz CT molecular complexity index is 1080. The molecular formula is C22H23N5. The molecule has 5 nitrogen and oxygen atoms in total. The highest BCUT2D eigenvalue weighted by Crippen LogP contribution is 2.25. The molecule has 3 heterocycles. The number of pyridine rings is 2. The number of anilines is 2. The van der Waals surface area contributed by atoms with Crippen LogP contribution in [0.25, 0.3) is 16.9 Å². The van der Waals surface area contributed by atoms with E-state index in [4.69, 9.17) is 0 Å². The van der Waals surface area contributed by atoms with E-state index in [-0.39, 0.29) is 0 Å². The number of fused-ring (bicyclic) bond motifs is 1. The molecule has 0 saturated heterocycles. The van der Waals surface area contributed by atoms with Gasteiger partial charge in [-0.05, 0) is 48.2 Å². The van der Waals surface area contributed by atoms with E-state index in [0.29, 0.717) is 11.9 Å². The molecule has 0 aliphatic carbocycles. The third-order valence-corrected chi connectivity index (χ3v) is 4.64. The van der Waals surface area contributed by atoms with Gasteiger partial charge in [0.2, 0.25) is 5.95 Å². The predicted molar refractivity (Wildman–Crippen MR) is 109 cm³/mol. The molecule has 0 saturated carbocycles. The first-order chi connectivity index (χ1) is 13.1. The Morgan fingerprint density at radius 2 is 1.89 bits per heavy atom. The van der Waals surface area contributed by atoms with E-state index in [2.05, 4.69) is 71.5 Å². The van der Waals surface area contributed by atoms with Gasteiger partial charge in [-0.3, -0.25) is 4.98 Å². The van der Waals surface area contributed by atoms with Crippen LogP contribution in [0.4, 0.5) is 11.6 Å². The summed E-state index contributed by atoms with van der Waals surface area (Å²) in [5.74, 6) is 1.06. The summed E-state index contributed by atoms with van der Waals surface area (Å²) in [7, 11) is 0. The van der Waals surface area contributed by atoms with E-state index < -0.39 is 0 Å². The van der Waals surface area contributed by atoms with E-state index in [1.54, 1.807) is 6.20 Å². The third-order valence-electron chi connectivity index (χ3n) is 4.64. The molecule has 3 aromatic heterocycles. The molecule has 0 spiro atoms. The summed E-state index contributed by atoms with van der Waals surface area (Å²) in [6, 6.07) is 18.6. The smallest absolute Gasteiger partial charge is 0.247 e. The van der Waals surface area contributed by atoms with Crippen LogP contribution < -0.4 is 5.32 Å². The minimum absolute atomic E-state index is 0.483. The van der Waals surface area contributed by atoms with Crippen molar-refractivity contribution in [1.82, 2.24) is 19.6 Å². The maximum absolute atomic E-state index is 4.69. The molecule has 1 N–H and O–H groups in total. The second kappa shape index (κ2) is 7.19. The first kappa shape index (κ1) is 17.2. The maximum Gasteiger partial charge on any atom is 0.247 e. The summed E-state index contributed by atoms with van der Waals surface area (Å²) >= 11 is 0. The summed E-state index contributed by atoms with van der Waals surface area (Å²) in [4.78, 5) is 8.96. The molecule has 0 aliphatic rings. The zero-order valence-electron chi connectivity index (χ0n) is 15.8. The lowest BCUT2D eigenvalue weighted by Gasteiger charge is -2.09. The first-order valence-corrected chi connectivity index (χ1v) is 9.32. The Kier molecular flexibility index (Phi) is 4.59. The van der Waals surface area contributed by atoms with E-state index in [9.17, 15) is 0 Å². The zero-order chi connectivity index (χ0) is 18.8. The average Bonchev–Trinajstić information content (AvgIpc) is 3.10. The molecule has 4 rings (SSSR count). The fourth-order valence-electron chi connectivity index (χ4n) is 3.11. The van der Waals surface area contributed by atoms with Crippen LogP contribution in [0, 0.1) is 0 Å². The monoisotopic (exact) mass is 357 g/mol. The van der Waals surface area contributed by atoms with Crippen LogP contribution >= 0.6 is 0 Å². The van der Waals surface area contributed by atoms with Crippen LogP contribution in [0.5, 0.6) is 0 Å². The van der Waals surface area contributed by atoms with Crippen molar-refractivity contribution in [2.45, 2.75) is 33.1 Å². The highest BCUT2D eigenvalue weighted by Gasteiger charge is 2.10. The fraction of sp³-hybridized carbons (Fsp3) is 0.227. The molecule has 27 heavy (non-hydrogen) atoms. The Morgan fingerprint density at radius 3 is 2.70 bits per heavy atom. The summed E-state index contributed by atoms with van der Waals surface area (Å²) in [6.45, 7) is 6.50. The molecule has 1 aromatic carbocycles.